The molecule has 6 nitrogen and oxygen atoms in total. The number of carbonyl (C=O) groups is 2. The molecule has 98 valence electrons. The van der Waals surface area contributed by atoms with Crippen LogP contribution in [0.1, 0.15) is 19.3 Å². The minimum absolute atomic E-state index is 0.0280. The Hall–Kier alpha value is -1.15. The Morgan fingerprint density at radius 3 is 2.83 bits per heavy atom. The van der Waals surface area contributed by atoms with Crippen molar-refractivity contribution in [1.29, 1.82) is 0 Å². The second kappa shape index (κ2) is 6.14. The molecule has 0 aromatic carbocycles. The fourth-order valence-electron chi connectivity index (χ4n) is 1.40. The van der Waals surface area contributed by atoms with E-state index in [-0.39, 0.29) is 17.7 Å². The number of thioether (sulfide) groups is 1. The maximum atomic E-state index is 11.7. The van der Waals surface area contributed by atoms with Crippen molar-refractivity contribution in [3.8, 4) is 0 Å². The molecule has 2 amide bonds. The third-order valence-electron chi connectivity index (χ3n) is 2.72. The predicted molar refractivity (Wildman–Crippen MR) is 70.7 cm³/mol. The summed E-state index contributed by atoms with van der Waals surface area (Å²) in [5, 5.41) is 13.6. The third-order valence-corrected chi connectivity index (χ3v) is 4.69. The van der Waals surface area contributed by atoms with Gasteiger partial charge >= 0.3 is 0 Å². The van der Waals surface area contributed by atoms with Crippen molar-refractivity contribution in [2.75, 3.05) is 18.1 Å². The second-order valence-corrected chi connectivity index (χ2v) is 6.15. The Labute approximate surface area is 113 Å². The predicted octanol–water partition coefficient (Wildman–Crippen LogP) is 1.11. The van der Waals surface area contributed by atoms with Gasteiger partial charge in [0.05, 0.1) is 5.75 Å². The van der Waals surface area contributed by atoms with Gasteiger partial charge in [-0.15, -0.1) is 10.2 Å². The second-order valence-electron chi connectivity index (χ2n) is 3.95. The lowest BCUT2D eigenvalue weighted by Gasteiger charge is -2.23. The molecule has 18 heavy (non-hydrogen) atoms. The van der Waals surface area contributed by atoms with Gasteiger partial charge in [0.1, 0.15) is 0 Å². The Kier molecular flexibility index (Phi) is 4.54. The van der Waals surface area contributed by atoms with E-state index in [4.69, 9.17) is 0 Å². The van der Waals surface area contributed by atoms with E-state index in [1.165, 1.54) is 23.1 Å². The van der Waals surface area contributed by atoms with E-state index < -0.39 is 0 Å². The summed E-state index contributed by atoms with van der Waals surface area (Å²) >= 11 is 2.61. The molecule has 2 rings (SSSR count). The number of nitrogens with one attached hydrogen (secondary N) is 2. The van der Waals surface area contributed by atoms with Crippen LogP contribution >= 0.6 is 23.1 Å². The standard InChI is InChI=1S/C10H14N4O2S2/c1-11-7(15)5-17-10-14-13-9(18-10)12-8(16)6-3-2-4-6/h6H,2-5H2,1H3,(H,11,15)(H,12,13,16). The van der Waals surface area contributed by atoms with E-state index in [2.05, 4.69) is 20.8 Å². The van der Waals surface area contributed by atoms with Crippen LogP contribution in [-0.2, 0) is 9.59 Å². The molecule has 1 aliphatic carbocycles. The van der Waals surface area contributed by atoms with E-state index in [0.717, 1.165) is 19.3 Å². The minimum Gasteiger partial charge on any atom is -0.358 e. The maximum absolute atomic E-state index is 11.7. The molecule has 0 saturated heterocycles. The summed E-state index contributed by atoms with van der Waals surface area (Å²) in [7, 11) is 1.59. The van der Waals surface area contributed by atoms with Crippen molar-refractivity contribution >= 4 is 40.0 Å². The van der Waals surface area contributed by atoms with Gasteiger partial charge in [0.25, 0.3) is 0 Å². The lowest BCUT2D eigenvalue weighted by Crippen LogP contribution is -2.27. The monoisotopic (exact) mass is 286 g/mol. The van der Waals surface area contributed by atoms with Gasteiger partial charge in [-0.2, -0.15) is 0 Å². The van der Waals surface area contributed by atoms with Crippen LogP contribution in [0.4, 0.5) is 5.13 Å². The zero-order valence-corrected chi connectivity index (χ0v) is 11.6. The number of anilines is 1. The Morgan fingerprint density at radius 2 is 2.22 bits per heavy atom. The number of rotatable bonds is 5. The smallest absolute Gasteiger partial charge is 0.230 e. The van der Waals surface area contributed by atoms with Crippen molar-refractivity contribution < 1.29 is 9.59 Å². The lowest BCUT2D eigenvalue weighted by atomic mass is 9.85. The van der Waals surface area contributed by atoms with Gasteiger partial charge in [-0.3, -0.25) is 9.59 Å². The molecule has 1 aliphatic rings. The molecular weight excluding hydrogens is 272 g/mol. The average molecular weight is 286 g/mol. The molecule has 0 spiro atoms. The van der Waals surface area contributed by atoms with Crippen molar-refractivity contribution in [2.45, 2.75) is 23.6 Å². The molecular formula is C10H14N4O2S2. The minimum atomic E-state index is -0.0600. The molecule has 0 atom stereocenters. The number of carbonyl (C=O) groups excluding carboxylic acids is 2. The fourth-order valence-corrected chi connectivity index (χ4v) is 3.02. The van der Waals surface area contributed by atoms with Crippen LogP contribution in [0.15, 0.2) is 4.34 Å². The van der Waals surface area contributed by atoms with Crippen LogP contribution in [0.25, 0.3) is 0 Å². The summed E-state index contributed by atoms with van der Waals surface area (Å²) in [5.41, 5.74) is 0. The summed E-state index contributed by atoms with van der Waals surface area (Å²) in [5.74, 6) is 0.410. The molecule has 0 unspecified atom stereocenters. The normalized spacial score (nSPS) is 14.9. The van der Waals surface area contributed by atoms with Crippen molar-refractivity contribution in [1.82, 2.24) is 15.5 Å². The summed E-state index contributed by atoms with van der Waals surface area (Å²) in [4.78, 5) is 22.7. The quantitative estimate of drug-likeness (QED) is 0.626. The fraction of sp³-hybridized carbons (Fsp3) is 0.600. The molecule has 1 aromatic heterocycles. The van der Waals surface area contributed by atoms with Gasteiger partial charge in [0.15, 0.2) is 4.34 Å². The first-order valence-corrected chi connectivity index (χ1v) is 7.47. The highest BCUT2D eigenvalue weighted by Gasteiger charge is 2.25. The number of amides is 2. The van der Waals surface area contributed by atoms with Crippen LogP contribution < -0.4 is 10.6 Å². The highest BCUT2D eigenvalue weighted by Crippen LogP contribution is 2.29. The van der Waals surface area contributed by atoms with E-state index in [0.29, 0.717) is 15.2 Å². The molecule has 1 fully saturated rings. The van der Waals surface area contributed by atoms with Gasteiger partial charge in [-0.05, 0) is 12.8 Å². The molecule has 1 aromatic rings. The zero-order chi connectivity index (χ0) is 13.0. The molecule has 2 N–H and O–H groups in total. The number of aromatic nitrogens is 2. The Bertz CT molecular complexity index is 445. The lowest BCUT2D eigenvalue weighted by molar-refractivity contribution is -0.122. The van der Waals surface area contributed by atoms with Gasteiger partial charge in [-0.1, -0.05) is 29.5 Å². The largest absolute Gasteiger partial charge is 0.358 e. The SMILES string of the molecule is CNC(=O)CSc1nnc(NC(=O)C2CCC2)s1. The summed E-state index contributed by atoms with van der Waals surface area (Å²) in [6, 6.07) is 0. The first-order chi connectivity index (χ1) is 8.69. The maximum Gasteiger partial charge on any atom is 0.230 e. The van der Waals surface area contributed by atoms with Crippen LogP contribution in [0, 0.1) is 5.92 Å². The van der Waals surface area contributed by atoms with E-state index >= 15 is 0 Å². The van der Waals surface area contributed by atoms with E-state index in [9.17, 15) is 9.59 Å². The van der Waals surface area contributed by atoms with Crippen LogP contribution in [0.3, 0.4) is 0 Å². The Morgan fingerprint density at radius 1 is 1.44 bits per heavy atom. The van der Waals surface area contributed by atoms with E-state index in [1.54, 1.807) is 7.05 Å². The summed E-state index contributed by atoms with van der Waals surface area (Å²) < 4.78 is 0.683. The number of hydrogen-bond acceptors (Lipinski definition) is 6. The molecule has 0 radical (unpaired) electrons. The highest BCUT2D eigenvalue weighted by atomic mass is 32.2. The highest BCUT2D eigenvalue weighted by molar-refractivity contribution is 8.01. The van der Waals surface area contributed by atoms with Crippen LogP contribution in [-0.4, -0.2) is 34.8 Å². The number of nitrogens with zero attached hydrogens (tertiary/aromatic N) is 2. The molecule has 1 saturated carbocycles. The van der Waals surface area contributed by atoms with Gasteiger partial charge in [-0.25, -0.2) is 0 Å². The average Bonchev–Trinajstić information content (AvgIpc) is 2.71. The molecule has 0 bridgehead atoms. The van der Waals surface area contributed by atoms with Crippen molar-refractivity contribution in [3.05, 3.63) is 0 Å². The van der Waals surface area contributed by atoms with Crippen LogP contribution in [0.5, 0.6) is 0 Å². The summed E-state index contributed by atoms with van der Waals surface area (Å²) in [6.07, 6.45) is 3.05. The summed E-state index contributed by atoms with van der Waals surface area (Å²) in [6.45, 7) is 0. The topological polar surface area (TPSA) is 84.0 Å². The van der Waals surface area contributed by atoms with Gasteiger partial charge in [0.2, 0.25) is 16.9 Å². The molecule has 8 heteroatoms. The third kappa shape index (κ3) is 3.42. The molecule has 0 aliphatic heterocycles. The van der Waals surface area contributed by atoms with Crippen molar-refractivity contribution in [3.63, 3.8) is 0 Å². The van der Waals surface area contributed by atoms with Crippen molar-refractivity contribution in [2.24, 2.45) is 5.92 Å². The van der Waals surface area contributed by atoms with Gasteiger partial charge < -0.3 is 10.6 Å². The van der Waals surface area contributed by atoms with Gasteiger partial charge in [0, 0.05) is 13.0 Å². The molecule has 1 heterocycles. The number of hydrogen-bond donors (Lipinski definition) is 2. The first kappa shape index (κ1) is 13.3. The first-order valence-electron chi connectivity index (χ1n) is 5.67. The zero-order valence-electron chi connectivity index (χ0n) is 9.93. The Balaban J connectivity index is 1.81. The van der Waals surface area contributed by atoms with E-state index in [1.807, 2.05) is 0 Å². The van der Waals surface area contributed by atoms with Crippen LogP contribution in [0.2, 0.25) is 0 Å².